The second-order valence-electron chi connectivity index (χ2n) is 4.49. The average Bonchev–Trinajstić information content (AvgIpc) is 2.85. The van der Waals surface area contributed by atoms with Gasteiger partial charge in [-0.1, -0.05) is 13.0 Å². The number of carbonyl (C=O) groups is 1. The van der Waals surface area contributed by atoms with Crippen LogP contribution in [0.15, 0.2) is 48.6 Å². The van der Waals surface area contributed by atoms with Crippen molar-refractivity contribution in [3.05, 3.63) is 65.6 Å². The molecule has 0 bridgehead atoms. The number of rotatable bonds is 3. The smallest absolute Gasteiger partial charge is 0.211 e. The van der Waals surface area contributed by atoms with Crippen LogP contribution in [0.4, 0.5) is 0 Å². The minimum atomic E-state index is -0.162. The molecule has 0 unspecified atom stereocenters. The maximum Gasteiger partial charge on any atom is 0.211 e. The monoisotopic (exact) mass is 267 g/mol. The van der Waals surface area contributed by atoms with Crippen LogP contribution in [0.2, 0.25) is 0 Å². The largest absolute Gasteiger partial charge is 0.508 e. The van der Waals surface area contributed by atoms with Crippen molar-refractivity contribution >= 4 is 11.4 Å². The molecular formula is C16H14N2O2. The molecule has 20 heavy (non-hydrogen) atoms. The van der Waals surface area contributed by atoms with E-state index >= 15 is 0 Å². The highest BCUT2D eigenvalue weighted by atomic mass is 16.3. The highest BCUT2D eigenvalue weighted by Gasteiger charge is 2.19. The summed E-state index contributed by atoms with van der Waals surface area (Å²) in [6, 6.07) is 9.84. The SMILES string of the molecule is [2H]c1ccc2nc(CC)c(C(=O)c3ccc(O)cc3)n2c1. The number of hydrogen-bond donors (Lipinski definition) is 1. The van der Waals surface area contributed by atoms with Gasteiger partial charge in [-0.05, 0) is 42.8 Å². The van der Waals surface area contributed by atoms with E-state index in [-0.39, 0.29) is 11.5 Å². The highest BCUT2D eigenvalue weighted by Crippen LogP contribution is 2.19. The molecule has 0 atom stereocenters. The fourth-order valence-corrected chi connectivity index (χ4v) is 2.22. The first-order valence-electron chi connectivity index (χ1n) is 6.91. The Hall–Kier alpha value is -2.62. The molecule has 1 N–H and O–H groups in total. The topological polar surface area (TPSA) is 54.6 Å². The Labute approximate surface area is 117 Å². The summed E-state index contributed by atoms with van der Waals surface area (Å²) in [7, 11) is 0. The second-order valence-corrected chi connectivity index (χ2v) is 4.49. The lowest BCUT2D eigenvalue weighted by Crippen LogP contribution is -2.07. The molecule has 0 aliphatic rings. The van der Waals surface area contributed by atoms with E-state index in [1.54, 1.807) is 34.9 Å². The van der Waals surface area contributed by atoms with E-state index in [2.05, 4.69) is 4.98 Å². The minimum Gasteiger partial charge on any atom is -0.508 e. The first-order valence-corrected chi connectivity index (χ1v) is 6.41. The third-order valence-corrected chi connectivity index (χ3v) is 3.22. The summed E-state index contributed by atoms with van der Waals surface area (Å²) in [5.74, 6) is -0.0428. The number of fused-ring (bicyclic) bond motifs is 1. The number of imidazole rings is 1. The van der Waals surface area contributed by atoms with Crippen molar-refractivity contribution in [3.63, 3.8) is 0 Å². The van der Waals surface area contributed by atoms with E-state index in [0.717, 1.165) is 0 Å². The van der Waals surface area contributed by atoms with Crippen LogP contribution in [0.3, 0.4) is 0 Å². The fourth-order valence-electron chi connectivity index (χ4n) is 2.22. The first-order chi connectivity index (χ1) is 10.1. The first kappa shape index (κ1) is 11.2. The van der Waals surface area contributed by atoms with Gasteiger partial charge in [0.25, 0.3) is 0 Å². The van der Waals surface area contributed by atoms with E-state index in [9.17, 15) is 9.90 Å². The quantitative estimate of drug-likeness (QED) is 0.742. The number of phenols is 1. The normalized spacial score (nSPS) is 11.6. The van der Waals surface area contributed by atoms with Gasteiger partial charge in [-0.3, -0.25) is 9.20 Å². The number of phenolic OH excluding ortho intramolecular Hbond substituents is 1. The van der Waals surface area contributed by atoms with Gasteiger partial charge in [-0.15, -0.1) is 0 Å². The van der Waals surface area contributed by atoms with Crippen molar-refractivity contribution in [2.45, 2.75) is 13.3 Å². The van der Waals surface area contributed by atoms with Crippen LogP contribution in [-0.4, -0.2) is 20.3 Å². The minimum absolute atomic E-state index is 0.119. The molecule has 1 aromatic carbocycles. The molecule has 0 aliphatic carbocycles. The zero-order valence-electron chi connectivity index (χ0n) is 12.0. The number of benzene rings is 1. The number of nitrogens with zero attached hydrogens (tertiary/aromatic N) is 2. The lowest BCUT2D eigenvalue weighted by molar-refractivity contribution is 0.103. The maximum atomic E-state index is 12.7. The number of aromatic hydroxyl groups is 1. The lowest BCUT2D eigenvalue weighted by Gasteiger charge is -2.03. The number of carbonyl (C=O) groups excluding carboxylic acids is 1. The summed E-state index contributed by atoms with van der Waals surface area (Å²) in [5, 5.41) is 9.32. The van der Waals surface area contributed by atoms with Crippen molar-refractivity contribution in [1.82, 2.24) is 9.38 Å². The predicted molar refractivity (Wildman–Crippen MR) is 76.1 cm³/mol. The molecule has 0 fully saturated rings. The molecule has 3 rings (SSSR count). The fraction of sp³-hybridized carbons (Fsp3) is 0.125. The van der Waals surface area contributed by atoms with E-state index < -0.39 is 0 Å². The third kappa shape index (κ3) is 1.95. The number of pyridine rings is 1. The zero-order chi connectivity index (χ0) is 15.0. The van der Waals surface area contributed by atoms with E-state index in [4.69, 9.17) is 1.37 Å². The van der Waals surface area contributed by atoms with E-state index in [0.29, 0.717) is 35.1 Å². The van der Waals surface area contributed by atoms with Crippen LogP contribution in [0.5, 0.6) is 5.75 Å². The van der Waals surface area contributed by atoms with Crippen LogP contribution in [0.1, 0.15) is 30.0 Å². The maximum absolute atomic E-state index is 12.7. The average molecular weight is 267 g/mol. The van der Waals surface area contributed by atoms with Gasteiger partial charge < -0.3 is 5.11 Å². The van der Waals surface area contributed by atoms with Crippen LogP contribution in [0, 0.1) is 0 Å². The molecule has 0 saturated heterocycles. The Morgan fingerprint density at radius 2 is 2.10 bits per heavy atom. The molecule has 4 heteroatoms. The molecule has 2 heterocycles. The van der Waals surface area contributed by atoms with Crippen molar-refractivity contribution in [3.8, 4) is 5.75 Å². The van der Waals surface area contributed by atoms with Crippen LogP contribution < -0.4 is 0 Å². The van der Waals surface area contributed by atoms with E-state index in [1.165, 1.54) is 12.1 Å². The van der Waals surface area contributed by atoms with Gasteiger partial charge in [0.1, 0.15) is 17.1 Å². The Bertz CT molecular complexity index is 822. The van der Waals surface area contributed by atoms with Gasteiger partial charge in [0, 0.05) is 11.8 Å². The van der Waals surface area contributed by atoms with Crippen LogP contribution in [0.25, 0.3) is 5.65 Å². The molecule has 0 amide bonds. The summed E-state index contributed by atoms with van der Waals surface area (Å²) in [4.78, 5) is 17.2. The van der Waals surface area contributed by atoms with Crippen molar-refractivity contribution in [1.29, 1.82) is 0 Å². The third-order valence-electron chi connectivity index (χ3n) is 3.22. The van der Waals surface area contributed by atoms with Crippen LogP contribution >= 0.6 is 0 Å². The Kier molecular flexibility index (Phi) is 2.70. The number of aromatic nitrogens is 2. The summed E-state index contributed by atoms with van der Waals surface area (Å²) in [6.45, 7) is 1.94. The van der Waals surface area contributed by atoms with E-state index in [1.807, 2.05) is 6.92 Å². The molecule has 3 aromatic rings. The lowest BCUT2D eigenvalue weighted by atomic mass is 10.1. The molecule has 0 saturated carbocycles. The summed E-state index contributed by atoms with van der Waals surface area (Å²) in [6.07, 6.45) is 2.23. The summed E-state index contributed by atoms with van der Waals surface area (Å²) < 4.78 is 9.38. The zero-order valence-corrected chi connectivity index (χ0v) is 11.0. The highest BCUT2D eigenvalue weighted by molar-refractivity contribution is 6.09. The van der Waals surface area contributed by atoms with Gasteiger partial charge in [0.2, 0.25) is 5.78 Å². The Morgan fingerprint density at radius 1 is 1.35 bits per heavy atom. The molecule has 100 valence electrons. The van der Waals surface area contributed by atoms with Gasteiger partial charge in [0.15, 0.2) is 0 Å². The molecule has 0 spiro atoms. The molecule has 4 nitrogen and oxygen atoms in total. The predicted octanol–water partition coefficient (Wildman–Crippen LogP) is 2.83. The second kappa shape index (κ2) is 4.81. The van der Waals surface area contributed by atoms with Crippen molar-refractivity contribution < 1.29 is 11.3 Å². The summed E-state index contributed by atoms with van der Waals surface area (Å²) in [5.41, 5.74) is 2.33. The molecule has 0 aliphatic heterocycles. The standard InChI is InChI=1S/C16H14N2O2/c1-2-13-15(18-10-4-3-5-14(18)17-13)16(20)11-6-8-12(19)9-7-11/h3-10,19H,2H2,1H3/i4D. The molecule has 2 aromatic heterocycles. The summed E-state index contributed by atoms with van der Waals surface area (Å²) >= 11 is 0. The van der Waals surface area contributed by atoms with Gasteiger partial charge in [-0.25, -0.2) is 4.98 Å². The number of hydrogen-bond acceptors (Lipinski definition) is 3. The van der Waals surface area contributed by atoms with Gasteiger partial charge in [0.05, 0.1) is 7.06 Å². The number of ketones is 1. The van der Waals surface area contributed by atoms with Gasteiger partial charge in [-0.2, -0.15) is 0 Å². The van der Waals surface area contributed by atoms with Crippen LogP contribution in [-0.2, 0) is 6.42 Å². The van der Waals surface area contributed by atoms with Gasteiger partial charge >= 0.3 is 0 Å². The number of aryl methyl sites for hydroxylation is 1. The van der Waals surface area contributed by atoms with Crippen molar-refractivity contribution in [2.75, 3.05) is 0 Å². The molecular weight excluding hydrogens is 252 g/mol. The molecule has 0 radical (unpaired) electrons. The Balaban J connectivity index is 2.20. The Morgan fingerprint density at radius 3 is 2.80 bits per heavy atom. The van der Waals surface area contributed by atoms with Crippen molar-refractivity contribution in [2.24, 2.45) is 0 Å².